The maximum Gasteiger partial charge on any atom is 0.228 e. The number of hydrogen-bond donors (Lipinski definition) is 1. The van der Waals surface area contributed by atoms with E-state index in [2.05, 4.69) is 33.4 Å². The van der Waals surface area contributed by atoms with Crippen molar-refractivity contribution in [2.24, 2.45) is 0 Å². The van der Waals surface area contributed by atoms with Crippen LogP contribution in [0.3, 0.4) is 0 Å². The van der Waals surface area contributed by atoms with Crippen LogP contribution in [0.15, 0.2) is 16.8 Å². The number of likely N-dealkylation sites (N-methyl/N-ethyl adjacent to an activating group) is 1. The van der Waals surface area contributed by atoms with E-state index in [1.54, 1.807) is 0 Å². The van der Waals surface area contributed by atoms with E-state index < -0.39 is 0 Å². The maximum atomic E-state index is 5.21. The molecule has 2 aromatic heterocycles. The molecular weight excluding hydrogens is 228 g/mol. The zero-order chi connectivity index (χ0) is 13.0. The molecule has 2 heterocycles. The van der Waals surface area contributed by atoms with Gasteiger partial charge in [0.15, 0.2) is 0 Å². The fourth-order valence-electron chi connectivity index (χ4n) is 1.77. The van der Waals surface area contributed by atoms with Crippen molar-refractivity contribution in [3.63, 3.8) is 0 Å². The molecule has 96 valence electrons. The Bertz CT molecular complexity index is 521. The van der Waals surface area contributed by atoms with Gasteiger partial charge in [0, 0.05) is 19.2 Å². The first kappa shape index (κ1) is 12.7. The molecule has 0 aliphatic rings. The van der Waals surface area contributed by atoms with Crippen LogP contribution in [-0.2, 0) is 6.42 Å². The lowest BCUT2D eigenvalue weighted by Gasteiger charge is -2.00. The van der Waals surface area contributed by atoms with E-state index in [1.165, 1.54) is 0 Å². The topological polar surface area (TPSA) is 63.8 Å². The van der Waals surface area contributed by atoms with Crippen LogP contribution in [0.2, 0.25) is 0 Å². The third kappa shape index (κ3) is 2.92. The minimum absolute atomic E-state index is 0.569. The van der Waals surface area contributed by atoms with Crippen LogP contribution in [0.1, 0.15) is 23.9 Å². The van der Waals surface area contributed by atoms with Crippen molar-refractivity contribution in [3.8, 4) is 11.5 Å². The molecule has 0 bridgehead atoms. The Hall–Kier alpha value is -1.75. The molecule has 0 saturated carbocycles. The van der Waals surface area contributed by atoms with Gasteiger partial charge in [-0.25, -0.2) is 0 Å². The van der Waals surface area contributed by atoms with E-state index >= 15 is 0 Å². The second kappa shape index (κ2) is 5.73. The molecule has 5 heteroatoms. The van der Waals surface area contributed by atoms with Crippen molar-refractivity contribution < 1.29 is 4.52 Å². The highest BCUT2D eigenvalue weighted by molar-refractivity contribution is 5.53. The number of nitrogens with zero attached hydrogens (tertiary/aromatic N) is 3. The molecule has 1 N–H and O–H groups in total. The van der Waals surface area contributed by atoms with Crippen molar-refractivity contribution in [1.82, 2.24) is 20.4 Å². The summed E-state index contributed by atoms with van der Waals surface area (Å²) in [5.74, 6) is 1.21. The molecule has 0 atom stereocenters. The van der Waals surface area contributed by atoms with Crippen LogP contribution in [0.25, 0.3) is 11.5 Å². The largest absolute Gasteiger partial charge is 0.339 e. The minimum atomic E-state index is 0.569. The van der Waals surface area contributed by atoms with Crippen molar-refractivity contribution in [2.45, 2.75) is 27.2 Å². The molecule has 2 aromatic rings. The first-order valence-electron chi connectivity index (χ1n) is 6.17. The van der Waals surface area contributed by atoms with Crippen LogP contribution in [-0.4, -0.2) is 28.2 Å². The Morgan fingerprint density at radius 1 is 1.33 bits per heavy atom. The van der Waals surface area contributed by atoms with Gasteiger partial charge in [0.25, 0.3) is 0 Å². The molecule has 0 amide bonds. The molecule has 0 aromatic carbocycles. The summed E-state index contributed by atoms with van der Waals surface area (Å²) in [4.78, 5) is 8.72. The Morgan fingerprint density at radius 3 is 2.89 bits per heavy atom. The van der Waals surface area contributed by atoms with E-state index in [0.29, 0.717) is 11.7 Å². The van der Waals surface area contributed by atoms with Gasteiger partial charge in [0.05, 0.1) is 0 Å². The van der Waals surface area contributed by atoms with E-state index in [0.717, 1.165) is 36.3 Å². The molecule has 0 fully saturated rings. The second-order valence-electron chi connectivity index (χ2n) is 4.29. The molecule has 5 nitrogen and oxygen atoms in total. The van der Waals surface area contributed by atoms with Crippen LogP contribution in [0.5, 0.6) is 0 Å². The quantitative estimate of drug-likeness (QED) is 0.816. The number of pyridine rings is 1. The SMILES string of the molecule is CCNCCc1nc(-c2ncc(C)cc2C)no1. The van der Waals surface area contributed by atoms with Crippen molar-refractivity contribution >= 4 is 0 Å². The lowest BCUT2D eigenvalue weighted by Crippen LogP contribution is -2.16. The highest BCUT2D eigenvalue weighted by Crippen LogP contribution is 2.18. The number of nitrogens with one attached hydrogen (secondary N) is 1. The van der Waals surface area contributed by atoms with Crippen molar-refractivity contribution in [3.05, 3.63) is 29.3 Å². The van der Waals surface area contributed by atoms with Gasteiger partial charge >= 0.3 is 0 Å². The fraction of sp³-hybridized carbons (Fsp3) is 0.462. The molecule has 0 aliphatic heterocycles. The standard InChI is InChI=1S/C13H18N4O/c1-4-14-6-5-11-16-13(17-18-11)12-10(3)7-9(2)8-15-12/h7-8,14H,4-6H2,1-3H3. The fourth-order valence-corrected chi connectivity index (χ4v) is 1.77. The van der Waals surface area contributed by atoms with E-state index in [-0.39, 0.29) is 0 Å². The van der Waals surface area contributed by atoms with Gasteiger partial charge in [-0.1, -0.05) is 18.1 Å². The average molecular weight is 246 g/mol. The minimum Gasteiger partial charge on any atom is -0.339 e. The molecule has 0 spiro atoms. The Labute approximate surface area is 107 Å². The van der Waals surface area contributed by atoms with Crippen LogP contribution in [0.4, 0.5) is 0 Å². The molecule has 2 rings (SSSR count). The number of aromatic nitrogens is 3. The molecule has 0 radical (unpaired) electrons. The van der Waals surface area contributed by atoms with E-state index in [1.807, 2.05) is 20.0 Å². The van der Waals surface area contributed by atoms with Crippen LogP contribution >= 0.6 is 0 Å². The Morgan fingerprint density at radius 2 is 2.17 bits per heavy atom. The normalized spacial score (nSPS) is 10.8. The average Bonchev–Trinajstić information content (AvgIpc) is 2.78. The van der Waals surface area contributed by atoms with Gasteiger partial charge in [0.1, 0.15) is 5.69 Å². The first-order chi connectivity index (χ1) is 8.70. The van der Waals surface area contributed by atoms with Crippen LogP contribution < -0.4 is 5.32 Å². The summed E-state index contributed by atoms with van der Waals surface area (Å²) >= 11 is 0. The third-order valence-corrected chi connectivity index (χ3v) is 2.66. The predicted molar refractivity (Wildman–Crippen MR) is 69.3 cm³/mol. The van der Waals surface area contributed by atoms with Gasteiger partial charge in [-0.3, -0.25) is 4.98 Å². The summed E-state index contributed by atoms with van der Waals surface area (Å²) in [6.07, 6.45) is 2.56. The molecule has 18 heavy (non-hydrogen) atoms. The number of aryl methyl sites for hydroxylation is 2. The summed E-state index contributed by atoms with van der Waals surface area (Å²) < 4.78 is 5.21. The second-order valence-corrected chi connectivity index (χ2v) is 4.29. The van der Waals surface area contributed by atoms with E-state index in [4.69, 9.17) is 4.52 Å². The Kier molecular flexibility index (Phi) is 4.04. The summed E-state index contributed by atoms with van der Waals surface area (Å²) in [6.45, 7) is 7.88. The van der Waals surface area contributed by atoms with Gasteiger partial charge in [-0.15, -0.1) is 0 Å². The monoisotopic (exact) mass is 246 g/mol. The zero-order valence-electron chi connectivity index (χ0n) is 11.0. The summed E-state index contributed by atoms with van der Waals surface area (Å²) in [7, 11) is 0. The molecule has 0 saturated heterocycles. The van der Waals surface area contributed by atoms with Crippen molar-refractivity contribution in [1.29, 1.82) is 0 Å². The molecular formula is C13H18N4O. The lowest BCUT2D eigenvalue weighted by molar-refractivity contribution is 0.376. The van der Waals surface area contributed by atoms with Crippen molar-refractivity contribution in [2.75, 3.05) is 13.1 Å². The lowest BCUT2D eigenvalue weighted by atomic mass is 10.1. The highest BCUT2D eigenvalue weighted by Gasteiger charge is 2.11. The highest BCUT2D eigenvalue weighted by atomic mass is 16.5. The maximum absolute atomic E-state index is 5.21. The third-order valence-electron chi connectivity index (χ3n) is 2.66. The van der Waals surface area contributed by atoms with Crippen LogP contribution in [0, 0.1) is 13.8 Å². The molecule has 0 unspecified atom stereocenters. The van der Waals surface area contributed by atoms with Gasteiger partial charge in [0.2, 0.25) is 11.7 Å². The Balaban J connectivity index is 2.13. The summed E-state index contributed by atoms with van der Waals surface area (Å²) in [5.41, 5.74) is 2.99. The number of rotatable bonds is 5. The first-order valence-corrected chi connectivity index (χ1v) is 6.17. The predicted octanol–water partition coefficient (Wildman–Crippen LogP) is 1.90. The van der Waals surface area contributed by atoms with Gasteiger partial charge in [-0.05, 0) is 31.5 Å². The zero-order valence-corrected chi connectivity index (χ0v) is 11.0. The number of hydrogen-bond acceptors (Lipinski definition) is 5. The summed E-state index contributed by atoms with van der Waals surface area (Å²) in [6, 6.07) is 2.07. The van der Waals surface area contributed by atoms with Gasteiger partial charge < -0.3 is 9.84 Å². The van der Waals surface area contributed by atoms with E-state index in [9.17, 15) is 0 Å². The smallest absolute Gasteiger partial charge is 0.228 e. The molecule has 0 aliphatic carbocycles. The van der Waals surface area contributed by atoms with Gasteiger partial charge in [-0.2, -0.15) is 4.98 Å². The summed E-state index contributed by atoms with van der Waals surface area (Å²) in [5, 5.41) is 7.20.